The van der Waals surface area contributed by atoms with Crippen LogP contribution in [0.25, 0.3) is 0 Å². The number of aromatic nitrogens is 2. The standard InChI is InChI=1S/C14H14N4O3/c19-11-4-2-10(3-5-11)6-9-15-12(20)13(21)18-14-16-7-1-8-17-14/h1-5,7-8,19H,6,9H2,(H,15,20)(H,16,17,18,21). The van der Waals surface area contributed by atoms with Crippen molar-refractivity contribution in [3.63, 3.8) is 0 Å². The van der Waals surface area contributed by atoms with Gasteiger partial charge in [0.05, 0.1) is 0 Å². The summed E-state index contributed by atoms with van der Waals surface area (Å²) in [5, 5.41) is 13.9. The summed E-state index contributed by atoms with van der Waals surface area (Å²) in [7, 11) is 0. The third-order valence-corrected chi connectivity index (χ3v) is 2.63. The Morgan fingerprint density at radius 1 is 1.05 bits per heavy atom. The molecule has 0 saturated heterocycles. The molecule has 1 aromatic carbocycles. The van der Waals surface area contributed by atoms with Gasteiger partial charge in [0.15, 0.2) is 0 Å². The molecule has 0 fully saturated rings. The first-order chi connectivity index (χ1) is 10.1. The first-order valence-electron chi connectivity index (χ1n) is 6.29. The van der Waals surface area contributed by atoms with Crippen molar-refractivity contribution in [1.29, 1.82) is 0 Å². The van der Waals surface area contributed by atoms with E-state index in [1.54, 1.807) is 30.3 Å². The summed E-state index contributed by atoms with van der Waals surface area (Å²) >= 11 is 0. The third-order valence-electron chi connectivity index (χ3n) is 2.63. The van der Waals surface area contributed by atoms with Crippen LogP contribution >= 0.6 is 0 Å². The van der Waals surface area contributed by atoms with Gasteiger partial charge in [-0.1, -0.05) is 12.1 Å². The number of phenols is 1. The number of benzene rings is 1. The number of carbonyl (C=O) groups is 2. The molecule has 1 aromatic heterocycles. The van der Waals surface area contributed by atoms with Gasteiger partial charge in [-0.25, -0.2) is 9.97 Å². The van der Waals surface area contributed by atoms with Crippen LogP contribution in [0, 0.1) is 0 Å². The van der Waals surface area contributed by atoms with Gasteiger partial charge in [-0.3, -0.25) is 14.9 Å². The maximum absolute atomic E-state index is 11.6. The summed E-state index contributed by atoms with van der Waals surface area (Å²) in [6.45, 7) is 0.312. The molecule has 2 rings (SSSR count). The van der Waals surface area contributed by atoms with Crippen molar-refractivity contribution in [3.8, 4) is 5.75 Å². The number of amides is 2. The lowest BCUT2D eigenvalue weighted by Gasteiger charge is -2.05. The smallest absolute Gasteiger partial charge is 0.316 e. The van der Waals surface area contributed by atoms with Crippen molar-refractivity contribution in [1.82, 2.24) is 15.3 Å². The fourth-order valence-corrected chi connectivity index (χ4v) is 1.59. The quantitative estimate of drug-likeness (QED) is 0.709. The molecule has 1 heterocycles. The van der Waals surface area contributed by atoms with Crippen LogP contribution in [0.15, 0.2) is 42.7 Å². The number of anilines is 1. The molecule has 108 valence electrons. The van der Waals surface area contributed by atoms with Crippen LogP contribution in [-0.4, -0.2) is 33.4 Å². The van der Waals surface area contributed by atoms with Gasteiger partial charge in [0, 0.05) is 18.9 Å². The molecule has 0 aliphatic carbocycles. The second-order valence-electron chi connectivity index (χ2n) is 4.20. The number of phenolic OH excluding ortho intramolecular Hbond substituents is 1. The predicted molar refractivity (Wildman–Crippen MR) is 75.5 cm³/mol. The van der Waals surface area contributed by atoms with Crippen molar-refractivity contribution >= 4 is 17.8 Å². The van der Waals surface area contributed by atoms with Gasteiger partial charge in [-0.05, 0) is 30.2 Å². The highest BCUT2D eigenvalue weighted by molar-refractivity contribution is 6.39. The molecular formula is C14H14N4O3. The monoisotopic (exact) mass is 286 g/mol. The summed E-state index contributed by atoms with van der Waals surface area (Å²) in [4.78, 5) is 30.7. The van der Waals surface area contributed by atoms with Gasteiger partial charge in [-0.15, -0.1) is 0 Å². The highest BCUT2D eigenvalue weighted by atomic mass is 16.3. The van der Waals surface area contributed by atoms with Crippen LogP contribution in [-0.2, 0) is 16.0 Å². The van der Waals surface area contributed by atoms with Crippen molar-refractivity contribution < 1.29 is 14.7 Å². The summed E-state index contributed by atoms with van der Waals surface area (Å²) in [6.07, 6.45) is 3.48. The molecular weight excluding hydrogens is 272 g/mol. The number of rotatable bonds is 4. The first kappa shape index (κ1) is 14.4. The summed E-state index contributed by atoms with van der Waals surface area (Å²) in [5.74, 6) is -1.30. The van der Waals surface area contributed by atoms with E-state index in [0.29, 0.717) is 13.0 Å². The van der Waals surface area contributed by atoms with Crippen LogP contribution in [0.5, 0.6) is 5.75 Å². The Balaban J connectivity index is 1.76. The van der Waals surface area contributed by atoms with Gasteiger partial charge in [-0.2, -0.15) is 0 Å². The van der Waals surface area contributed by atoms with Crippen LogP contribution < -0.4 is 10.6 Å². The third kappa shape index (κ3) is 4.57. The highest BCUT2D eigenvalue weighted by Gasteiger charge is 2.13. The lowest BCUT2D eigenvalue weighted by atomic mass is 10.1. The van der Waals surface area contributed by atoms with E-state index in [-0.39, 0.29) is 11.7 Å². The summed E-state index contributed by atoms with van der Waals surface area (Å²) < 4.78 is 0. The molecule has 21 heavy (non-hydrogen) atoms. The van der Waals surface area contributed by atoms with E-state index in [1.807, 2.05) is 0 Å². The maximum atomic E-state index is 11.6. The first-order valence-corrected chi connectivity index (χ1v) is 6.29. The van der Waals surface area contributed by atoms with E-state index in [9.17, 15) is 9.59 Å². The largest absolute Gasteiger partial charge is 0.508 e. The van der Waals surface area contributed by atoms with E-state index >= 15 is 0 Å². The molecule has 0 radical (unpaired) electrons. The van der Waals surface area contributed by atoms with Crippen LogP contribution in [0.2, 0.25) is 0 Å². The molecule has 7 heteroatoms. The number of carbonyl (C=O) groups excluding carboxylic acids is 2. The van der Waals surface area contributed by atoms with Gasteiger partial charge < -0.3 is 10.4 Å². The number of nitrogens with zero attached hydrogens (tertiary/aromatic N) is 2. The zero-order chi connectivity index (χ0) is 15.1. The van der Waals surface area contributed by atoms with Crippen molar-refractivity contribution in [2.75, 3.05) is 11.9 Å². The fraction of sp³-hybridized carbons (Fsp3) is 0.143. The Hall–Kier alpha value is -2.96. The Morgan fingerprint density at radius 2 is 1.71 bits per heavy atom. The molecule has 0 atom stereocenters. The molecule has 0 saturated carbocycles. The van der Waals surface area contributed by atoms with Gasteiger partial charge in [0.2, 0.25) is 5.95 Å². The van der Waals surface area contributed by atoms with E-state index < -0.39 is 11.8 Å². The van der Waals surface area contributed by atoms with Crippen LogP contribution in [0.3, 0.4) is 0 Å². The van der Waals surface area contributed by atoms with Crippen molar-refractivity contribution in [3.05, 3.63) is 48.3 Å². The Labute approximate surface area is 121 Å². The van der Waals surface area contributed by atoms with Gasteiger partial charge >= 0.3 is 11.8 Å². The highest BCUT2D eigenvalue weighted by Crippen LogP contribution is 2.09. The van der Waals surface area contributed by atoms with E-state index in [0.717, 1.165) is 5.56 Å². The lowest BCUT2D eigenvalue weighted by molar-refractivity contribution is -0.136. The van der Waals surface area contributed by atoms with Crippen molar-refractivity contribution in [2.24, 2.45) is 0 Å². The number of nitrogens with one attached hydrogen (secondary N) is 2. The summed E-state index contributed by atoms with van der Waals surface area (Å²) in [5.41, 5.74) is 0.944. The maximum Gasteiger partial charge on any atom is 0.316 e. The van der Waals surface area contributed by atoms with Crippen LogP contribution in [0.1, 0.15) is 5.56 Å². The normalized spacial score (nSPS) is 9.90. The zero-order valence-electron chi connectivity index (χ0n) is 11.1. The molecule has 0 spiro atoms. The number of aromatic hydroxyl groups is 1. The summed E-state index contributed by atoms with van der Waals surface area (Å²) in [6, 6.07) is 8.24. The average molecular weight is 286 g/mol. The zero-order valence-corrected chi connectivity index (χ0v) is 11.1. The molecule has 0 aliphatic rings. The molecule has 0 aliphatic heterocycles. The van der Waals surface area contributed by atoms with Crippen molar-refractivity contribution in [2.45, 2.75) is 6.42 Å². The molecule has 2 amide bonds. The predicted octanol–water partition coefficient (Wildman–Crippen LogP) is 0.480. The molecule has 2 aromatic rings. The topological polar surface area (TPSA) is 104 Å². The minimum absolute atomic E-state index is 0.0798. The van der Waals surface area contributed by atoms with E-state index in [4.69, 9.17) is 5.11 Å². The second kappa shape index (κ2) is 6.99. The molecule has 0 unspecified atom stereocenters. The molecule has 7 nitrogen and oxygen atoms in total. The van der Waals surface area contributed by atoms with Gasteiger partial charge in [0.25, 0.3) is 0 Å². The minimum atomic E-state index is -0.813. The van der Waals surface area contributed by atoms with Gasteiger partial charge in [0.1, 0.15) is 5.75 Å². The minimum Gasteiger partial charge on any atom is -0.508 e. The Bertz CT molecular complexity index is 614. The second-order valence-corrected chi connectivity index (χ2v) is 4.20. The lowest BCUT2D eigenvalue weighted by Crippen LogP contribution is -2.36. The average Bonchev–Trinajstić information content (AvgIpc) is 2.50. The fourth-order valence-electron chi connectivity index (χ4n) is 1.59. The van der Waals surface area contributed by atoms with Crippen LogP contribution in [0.4, 0.5) is 5.95 Å². The number of hydrogen-bond donors (Lipinski definition) is 3. The SMILES string of the molecule is O=C(NCCc1ccc(O)cc1)C(=O)Nc1ncccn1. The van der Waals surface area contributed by atoms with E-state index in [2.05, 4.69) is 20.6 Å². The molecule has 3 N–H and O–H groups in total. The van der Waals surface area contributed by atoms with E-state index in [1.165, 1.54) is 12.4 Å². The Kier molecular flexibility index (Phi) is 4.81. The number of hydrogen-bond acceptors (Lipinski definition) is 5. The Morgan fingerprint density at radius 3 is 2.38 bits per heavy atom. The molecule has 0 bridgehead atoms.